The molecule has 6 heteroatoms. The van der Waals surface area contributed by atoms with Crippen LogP contribution < -0.4 is 10.6 Å². The molecule has 0 radical (unpaired) electrons. The molecule has 24 heavy (non-hydrogen) atoms. The molecule has 2 N–H and O–H groups in total. The first kappa shape index (κ1) is 14.6. The van der Waals surface area contributed by atoms with Crippen molar-refractivity contribution in [3.05, 3.63) is 48.8 Å². The summed E-state index contributed by atoms with van der Waals surface area (Å²) in [5.74, 6) is 1.33. The Morgan fingerprint density at radius 2 is 1.92 bits per heavy atom. The van der Waals surface area contributed by atoms with Crippen LogP contribution in [0.4, 0.5) is 5.82 Å². The van der Waals surface area contributed by atoms with E-state index >= 15 is 0 Å². The van der Waals surface area contributed by atoms with E-state index in [4.69, 9.17) is 0 Å². The lowest BCUT2D eigenvalue weighted by atomic mass is 10.1. The molecular formula is C18H17N5O. The number of carbonyl (C=O) groups excluding carboxylic acids is 1. The lowest BCUT2D eigenvalue weighted by molar-refractivity contribution is -0.123. The van der Waals surface area contributed by atoms with Crippen molar-refractivity contribution in [3.8, 4) is 11.4 Å². The Morgan fingerprint density at radius 3 is 2.75 bits per heavy atom. The maximum Gasteiger partial charge on any atom is 0.242 e. The molecule has 1 saturated heterocycles. The van der Waals surface area contributed by atoms with Crippen LogP contribution in [0.1, 0.15) is 12.8 Å². The van der Waals surface area contributed by atoms with Crippen molar-refractivity contribution in [1.29, 1.82) is 0 Å². The van der Waals surface area contributed by atoms with Gasteiger partial charge in [0.15, 0.2) is 5.82 Å². The Morgan fingerprint density at radius 1 is 1.08 bits per heavy atom. The minimum atomic E-state index is -0.262. The molecule has 3 aromatic rings. The van der Waals surface area contributed by atoms with Crippen LogP contribution in [0.3, 0.4) is 0 Å². The van der Waals surface area contributed by atoms with E-state index in [0.29, 0.717) is 11.6 Å². The summed E-state index contributed by atoms with van der Waals surface area (Å²) in [6.07, 6.45) is 5.20. The highest BCUT2D eigenvalue weighted by Gasteiger charge is 2.23. The first-order valence-corrected chi connectivity index (χ1v) is 8.03. The van der Waals surface area contributed by atoms with Crippen molar-refractivity contribution in [2.24, 2.45) is 0 Å². The van der Waals surface area contributed by atoms with Gasteiger partial charge in [0.05, 0.1) is 5.52 Å². The Bertz CT molecular complexity index is 881. The van der Waals surface area contributed by atoms with Gasteiger partial charge in [-0.25, -0.2) is 9.97 Å². The SMILES string of the molecule is O=C1NCCCC1Nc1nc(-c2ccncc2)nc2ccccc12. The predicted octanol–water partition coefficient (Wildman–Crippen LogP) is 2.38. The Hall–Kier alpha value is -3.02. The number of carbonyl (C=O) groups is 1. The number of aromatic nitrogens is 3. The molecule has 6 nitrogen and oxygen atoms in total. The third kappa shape index (κ3) is 2.78. The van der Waals surface area contributed by atoms with Gasteiger partial charge in [-0.3, -0.25) is 9.78 Å². The Labute approximate surface area is 139 Å². The van der Waals surface area contributed by atoms with Gasteiger partial charge in [-0.1, -0.05) is 12.1 Å². The van der Waals surface area contributed by atoms with Crippen molar-refractivity contribution in [3.63, 3.8) is 0 Å². The van der Waals surface area contributed by atoms with Crippen LogP contribution in [0.5, 0.6) is 0 Å². The molecule has 2 aromatic heterocycles. The molecule has 0 aliphatic carbocycles. The second kappa shape index (κ2) is 6.23. The van der Waals surface area contributed by atoms with E-state index in [0.717, 1.165) is 35.9 Å². The summed E-state index contributed by atoms with van der Waals surface area (Å²) in [5.41, 5.74) is 1.74. The van der Waals surface area contributed by atoms with Crippen LogP contribution in [0.25, 0.3) is 22.3 Å². The first-order chi connectivity index (χ1) is 11.8. The molecule has 120 valence electrons. The number of pyridine rings is 1. The van der Waals surface area contributed by atoms with Crippen LogP contribution in [0.2, 0.25) is 0 Å². The van der Waals surface area contributed by atoms with E-state index in [2.05, 4.69) is 25.6 Å². The van der Waals surface area contributed by atoms with Crippen molar-refractivity contribution < 1.29 is 4.79 Å². The van der Waals surface area contributed by atoms with Gasteiger partial charge in [0.25, 0.3) is 0 Å². The maximum atomic E-state index is 12.1. The molecule has 4 rings (SSSR count). The quantitative estimate of drug-likeness (QED) is 0.775. The van der Waals surface area contributed by atoms with Crippen LogP contribution in [0, 0.1) is 0 Å². The highest BCUT2D eigenvalue weighted by molar-refractivity contribution is 5.93. The normalized spacial score (nSPS) is 17.5. The van der Waals surface area contributed by atoms with Crippen LogP contribution in [0.15, 0.2) is 48.8 Å². The molecule has 0 spiro atoms. The third-order valence-corrected chi connectivity index (χ3v) is 4.14. The molecule has 3 heterocycles. The number of hydrogen-bond donors (Lipinski definition) is 2. The number of benzene rings is 1. The molecule has 0 bridgehead atoms. The highest BCUT2D eigenvalue weighted by atomic mass is 16.2. The summed E-state index contributed by atoms with van der Waals surface area (Å²) in [7, 11) is 0. The number of anilines is 1. The fourth-order valence-electron chi connectivity index (χ4n) is 2.89. The van der Waals surface area contributed by atoms with Gasteiger partial charge in [-0.05, 0) is 37.1 Å². The minimum Gasteiger partial charge on any atom is -0.358 e. The lowest BCUT2D eigenvalue weighted by Gasteiger charge is -2.24. The summed E-state index contributed by atoms with van der Waals surface area (Å²) in [5, 5.41) is 7.11. The van der Waals surface area contributed by atoms with Gasteiger partial charge in [0, 0.05) is 29.9 Å². The van der Waals surface area contributed by atoms with E-state index in [1.807, 2.05) is 36.4 Å². The van der Waals surface area contributed by atoms with E-state index in [1.54, 1.807) is 12.4 Å². The van der Waals surface area contributed by atoms with Gasteiger partial charge in [0.1, 0.15) is 11.9 Å². The van der Waals surface area contributed by atoms with Gasteiger partial charge in [-0.15, -0.1) is 0 Å². The number of rotatable bonds is 3. The third-order valence-electron chi connectivity index (χ3n) is 4.14. The number of nitrogens with one attached hydrogen (secondary N) is 2. The van der Waals surface area contributed by atoms with Crippen LogP contribution in [-0.4, -0.2) is 33.4 Å². The highest BCUT2D eigenvalue weighted by Crippen LogP contribution is 2.25. The van der Waals surface area contributed by atoms with Crippen LogP contribution >= 0.6 is 0 Å². The topological polar surface area (TPSA) is 79.8 Å². The van der Waals surface area contributed by atoms with E-state index in [9.17, 15) is 4.79 Å². The molecule has 1 atom stereocenters. The fraction of sp³-hybridized carbons (Fsp3) is 0.222. The lowest BCUT2D eigenvalue weighted by Crippen LogP contribution is -2.44. The standard InChI is InChI=1S/C18H17N5O/c24-18-15(6-3-9-20-18)22-17-13-4-1-2-5-14(13)21-16(23-17)12-7-10-19-11-8-12/h1-2,4-5,7-8,10-11,15H,3,6,9H2,(H,20,24)(H,21,22,23). The van der Waals surface area contributed by atoms with Crippen LogP contribution in [-0.2, 0) is 4.79 Å². The summed E-state index contributed by atoms with van der Waals surface area (Å²) in [6, 6.07) is 11.3. The smallest absolute Gasteiger partial charge is 0.242 e. The molecule has 0 saturated carbocycles. The van der Waals surface area contributed by atoms with Crippen molar-refractivity contribution >= 4 is 22.6 Å². The fourth-order valence-corrected chi connectivity index (χ4v) is 2.89. The molecule has 1 aromatic carbocycles. The zero-order valence-electron chi connectivity index (χ0n) is 13.1. The predicted molar refractivity (Wildman–Crippen MR) is 92.4 cm³/mol. The van der Waals surface area contributed by atoms with E-state index in [1.165, 1.54) is 0 Å². The van der Waals surface area contributed by atoms with Crippen molar-refractivity contribution in [2.75, 3.05) is 11.9 Å². The summed E-state index contributed by atoms with van der Waals surface area (Å²) < 4.78 is 0. The average Bonchev–Trinajstić information content (AvgIpc) is 2.64. The van der Waals surface area contributed by atoms with E-state index < -0.39 is 0 Å². The second-order valence-corrected chi connectivity index (χ2v) is 5.78. The van der Waals surface area contributed by atoms with Gasteiger partial charge < -0.3 is 10.6 Å². The number of fused-ring (bicyclic) bond motifs is 1. The Balaban J connectivity index is 1.79. The molecule has 1 aliphatic rings. The number of piperidine rings is 1. The average molecular weight is 319 g/mol. The second-order valence-electron chi connectivity index (χ2n) is 5.78. The Kier molecular flexibility index (Phi) is 3.78. The summed E-state index contributed by atoms with van der Waals surface area (Å²) in [6.45, 7) is 0.740. The van der Waals surface area contributed by atoms with Gasteiger partial charge >= 0.3 is 0 Å². The maximum absolute atomic E-state index is 12.1. The molecule has 1 aliphatic heterocycles. The molecular weight excluding hydrogens is 302 g/mol. The number of nitrogens with zero attached hydrogens (tertiary/aromatic N) is 3. The molecule has 1 unspecified atom stereocenters. The molecule has 1 fully saturated rings. The van der Waals surface area contributed by atoms with Gasteiger partial charge in [-0.2, -0.15) is 0 Å². The number of amides is 1. The minimum absolute atomic E-state index is 0.0226. The summed E-state index contributed by atoms with van der Waals surface area (Å²) in [4.78, 5) is 25.4. The first-order valence-electron chi connectivity index (χ1n) is 8.03. The van der Waals surface area contributed by atoms with Gasteiger partial charge in [0.2, 0.25) is 5.91 Å². The molecule has 1 amide bonds. The summed E-state index contributed by atoms with van der Waals surface area (Å²) >= 11 is 0. The zero-order chi connectivity index (χ0) is 16.4. The number of para-hydroxylation sites is 1. The largest absolute Gasteiger partial charge is 0.358 e. The monoisotopic (exact) mass is 319 g/mol. The van der Waals surface area contributed by atoms with E-state index in [-0.39, 0.29) is 11.9 Å². The van der Waals surface area contributed by atoms with Crippen molar-refractivity contribution in [2.45, 2.75) is 18.9 Å². The number of hydrogen-bond acceptors (Lipinski definition) is 5. The zero-order valence-corrected chi connectivity index (χ0v) is 13.1. The van der Waals surface area contributed by atoms with Crippen molar-refractivity contribution in [1.82, 2.24) is 20.3 Å².